The first-order valence-electron chi connectivity index (χ1n) is 13.2. The van der Waals surface area contributed by atoms with E-state index in [0.717, 1.165) is 59.8 Å². The second kappa shape index (κ2) is 15.4. The van der Waals surface area contributed by atoms with E-state index in [1.54, 1.807) is 30.0 Å². The maximum Gasteiger partial charge on any atom is 0.268 e. The van der Waals surface area contributed by atoms with E-state index in [9.17, 15) is 10.1 Å². The van der Waals surface area contributed by atoms with Crippen LogP contribution in [-0.4, -0.2) is 79.9 Å². The molecule has 2 aromatic carbocycles. The average molecular weight is 596 g/mol. The van der Waals surface area contributed by atoms with Crippen molar-refractivity contribution in [3.05, 3.63) is 58.7 Å². The van der Waals surface area contributed by atoms with Gasteiger partial charge in [-0.15, -0.1) is 10.2 Å². The highest BCUT2D eigenvalue weighted by Gasteiger charge is 2.15. The van der Waals surface area contributed by atoms with Gasteiger partial charge in [-0.05, 0) is 48.7 Å². The van der Waals surface area contributed by atoms with Gasteiger partial charge in [-0.25, -0.2) is 0 Å². The Bertz CT molecular complexity index is 1380. The van der Waals surface area contributed by atoms with Crippen LogP contribution in [0.4, 0.5) is 5.13 Å². The molecule has 216 valence electrons. The molecule has 0 saturated carbocycles. The molecular formula is C29H33N5O5S2. The molecular weight excluding hydrogens is 562 g/mol. The smallest absolute Gasteiger partial charge is 0.268 e. The molecule has 4 rings (SSSR count). The number of carbonyl (C=O) groups excluding carboxylic acids is 1. The lowest BCUT2D eigenvalue weighted by atomic mass is 10.1. The lowest BCUT2D eigenvalue weighted by Crippen LogP contribution is -2.37. The molecule has 10 nitrogen and oxygen atoms in total. The van der Waals surface area contributed by atoms with Gasteiger partial charge in [-0.3, -0.25) is 15.0 Å². The fourth-order valence-corrected chi connectivity index (χ4v) is 5.92. The highest BCUT2D eigenvalue weighted by molar-refractivity contribution is 8.01. The molecule has 0 spiro atoms. The Morgan fingerprint density at radius 1 is 1.15 bits per heavy atom. The van der Waals surface area contributed by atoms with E-state index in [-0.39, 0.29) is 5.57 Å². The molecule has 1 fully saturated rings. The van der Waals surface area contributed by atoms with E-state index in [0.29, 0.717) is 35.4 Å². The van der Waals surface area contributed by atoms with Gasteiger partial charge in [0.25, 0.3) is 5.91 Å². The zero-order valence-corrected chi connectivity index (χ0v) is 25.0. The van der Waals surface area contributed by atoms with Crippen molar-refractivity contribution in [2.75, 3.05) is 64.2 Å². The first kappa shape index (κ1) is 30.3. The highest BCUT2D eigenvalue weighted by atomic mass is 32.2. The molecule has 1 aliphatic rings. The Labute approximate surface area is 248 Å². The van der Waals surface area contributed by atoms with Crippen molar-refractivity contribution in [1.29, 1.82) is 5.26 Å². The third kappa shape index (κ3) is 8.93. The number of hydrogen-bond donors (Lipinski definition) is 1. The summed E-state index contributed by atoms with van der Waals surface area (Å²) in [7, 11) is 1.53. The van der Waals surface area contributed by atoms with E-state index in [1.165, 1.54) is 24.5 Å². The van der Waals surface area contributed by atoms with Crippen LogP contribution >= 0.6 is 23.1 Å². The van der Waals surface area contributed by atoms with Gasteiger partial charge in [0, 0.05) is 25.4 Å². The minimum absolute atomic E-state index is 0.0700. The van der Waals surface area contributed by atoms with Gasteiger partial charge in [-0.2, -0.15) is 5.26 Å². The molecule has 1 saturated heterocycles. The molecule has 0 atom stereocenters. The van der Waals surface area contributed by atoms with Crippen LogP contribution < -0.4 is 19.5 Å². The summed E-state index contributed by atoms with van der Waals surface area (Å²) in [5.41, 5.74) is 2.69. The van der Waals surface area contributed by atoms with Gasteiger partial charge in [0.1, 0.15) is 30.6 Å². The highest BCUT2D eigenvalue weighted by Crippen LogP contribution is 2.30. The number of benzene rings is 2. The zero-order chi connectivity index (χ0) is 29.0. The maximum absolute atomic E-state index is 12.8. The number of morpholine rings is 1. The number of thioether (sulfide) groups is 1. The number of aromatic nitrogens is 2. The second-order valence-electron chi connectivity index (χ2n) is 9.13. The molecule has 1 amide bonds. The van der Waals surface area contributed by atoms with Crippen LogP contribution in [0.25, 0.3) is 6.08 Å². The van der Waals surface area contributed by atoms with E-state index in [2.05, 4.69) is 20.4 Å². The van der Waals surface area contributed by atoms with Gasteiger partial charge in [-0.1, -0.05) is 47.4 Å². The first-order valence-corrected chi connectivity index (χ1v) is 15.0. The second-order valence-corrected chi connectivity index (χ2v) is 11.4. The van der Waals surface area contributed by atoms with Crippen LogP contribution in [0.3, 0.4) is 0 Å². The molecule has 1 N–H and O–H groups in total. The van der Waals surface area contributed by atoms with Gasteiger partial charge in [0.05, 0.1) is 20.3 Å². The van der Waals surface area contributed by atoms with Gasteiger partial charge in [0.2, 0.25) is 5.13 Å². The standard InChI is InChI=1S/C29H33N5O5S2/c1-20-5-4-6-21(2)26(20)39-15-14-38-24-8-7-22(18-25(24)36-3)17-23(19-30)27(35)31-28-32-33-29(41-28)40-16-11-34-9-12-37-13-10-34/h4-8,17-18H,9-16H2,1-3H3,(H,31,32,35)/b23-17-. The number of methoxy groups -OCH3 is 1. The molecule has 2 heterocycles. The Morgan fingerprint density at radius 3 is 2.63 bits per heavy atom. The minimum atomic E-state index is -0.559. The molecule has 0 aliphatic carbocycles. The lowest BCUT2D eigenvalue weighted by molar-refractivity contribution is -0.112. The van der Waals surface area contributed by atoms with E-state index in [4.69, 9.17) is 18.9 Å². The number of nitriles is 1. The molecule has 0 bridgehead atoms. The SMILES string of the molecule is COc1cc(/C=C(/C#N)C(=O)Nc2nnc(SCCN3CCOCC3)s2)ccc1OCCOc1c(C)cccc1C. The summed E-state index contributed by atoms with van der Waals surface area (Å²) in [4.78, 5) is 15.1. The van der Waals surface area contributed by atoms with Crippen molar-refractivity contribution in [3.63, 3.8) is 0 Å². The Kier molecular flexibility index (Phi) is 11.4. The summed E-state index contributed by atoms with van der Waals surface area (Å²) in [5.74, 6) is 2.18. The van der Waals surface area contributed by atoms with Crippen LogP contribution in [0.1, 0.15) is 16.7 Å². The van der Waals surface area contributed by atoms with Crippen molar-refractivity contribution in [1.82, 2.24) is 15.1 Å². The number of ether oxygens (including phenoxy) is 4. The quantitative estimate of drug-likeness (QED) is 0.0988. The summed E-state index contributed by atoms with van der Waals surface area (Å²) in [6, 6.07) is 13.2. The number of carbonyl (C=O) groups is 1. The summed E-state index contributed by atoms with van der Waals surface area (Å²) in [6.07, 6.45) is 1.49. The number of nitrogens with zero attached hydrogens (tertiary/aromatic N) is 4. The molecule has 1 aliphatic heterocycles. The Hall–Kier alpha value is -3.63. The summed E-state index contributed by atoms with van der Waals surface area (Å²) in [6.45, 7) is 9.05. The average Bonchev–Trinajstić information content (AvgIpc) is 3.43. The monoisotopic (exact) mass is 595 g/mol. The predicted octanol–water partition coefficient (Wildman–Crippen LogP) is 4.59. The van der Waals surface area contributed by atoms with Crippen molar-refractivity contribution in [2.24, 2.45) is 0 Å². The number of nitrogens with one attached hydrogen (secondary N) is 1. The molecule has 0 unspecified atom stereocenters. The molecule has 1 aromatic heterocycles. The lowest BCUT2D eigenvalue weighted by Gasteiger charge is -2.25. The Morgan fingerprint density at radius 2 is 1.90 bits per heavy atom. The summed E-state index contributed by atoms with van der Waals surface area (Å²) >= 11 is 2.87. The predicted molar refractivity (Wildman–Crippen MR) is 160 cm³/mol. The van der Waals surface area contributed by atoms with Crippen LogP contribution in [0, 0.1) is 25.2 Å². The number of amides is 1. The number of para-hydroxylation sites is 1. The topological polar surface area (TPSA) is 119 Å². The van der Waals surface area contributed by atoms with Crippen molar-refractivity contribution >= 4 is 40.2 Å². The number of aryl methyl sites for hydroxylation is 2. The normalized spacial score (nSPS) is 13.9. The minimum Gasteiger partial charge on any atom is -0.493 e. The summed E-state index contributed by atoms with van der Waals surface area (Å²) in [5, 5.41) is 20.8. The van der Waals surface area contributed by atoms with Crippen molar-refractivity contribution < 1.29 is 23.7 Å². The molecule has 12 heteroatoms. The van der Waals surface area contributed by atoms with E-state index in [1.807, 2.05) is 38.1 Å². The molecule has 0 radical (unpaired) electrons. The largest absolute Gasteiger partial charge is 0.493 e. The van der Waals surface area contributed by atoms with Crippen molar-refractivity contribution in [3.8, 4) is 23.3 Å². The van der Waals surface area contributed by atoms with Crippen LogP contribution in [0.15, 0.2) is 46.3 Å². The first-order chi connectivity index (χ1) is 20.0. The van der Waals surface area contributed by atoms with Crippen molar-refractivity contribution in [2.45, 2.75) is 18.2 Å². The van der Waals surface area contributed by atoms with Gasteiger partial charge >= 0.3 is 0 Å². The zero-order valence-electron chi connectivity index (χ0n) is 23.3. The number of anilines is 1. The third-order valence-corrected chi connectivity index (χ3v) is 8.18. The number of hydrogen-bond acceptors (Lipinski definition) is 11. The van der Waals surface area contributed by atoms with Crippen LogP contribution in [0.5, 0.6) is 17.2 Å². The fraction of sp³-hybridized carbons (Fsp3) is 0.379. The van der Waals surface area contributed by atoms with Gasteiger partial charge in [0.15, 0.2) is 15.8 Å². The summed E-state index contributed by atoms with van der Waals surface area (Å²) < 4.78 is 23.4. The maximum atomic E-state index is 12.8. The molecule has 41 heavy (non-hydrogen) atoms. The van der Waals surface area contributed by atoms with Gasteiger partial charge < -0.3 is 18.9 Å². The third-order valence-electron chi connectivity index (χ3n) is 6.22. The fourth-order valence-electron chi connectivity index (χ4n) is 4.10. The van der Waals surface area contributed by atoms with E-state index < -0.39 is 5.91 Å². The van der Waals surface area contributed by atoms with E-state index >= 15 is 0 Å². The molecule has 3 aromatic rings. The van der Waals surface area contributed by atoms with Crippen LogP contribution in [0.2, 0.25) is 0 Å². The number of rotatable bonds is 13. The Balaban J connectivity index is 1.29. The van der Waals surface area contributed by atoms with Crippen LogP contribution in [-0.2, 0) is 9.53 Å².